The maximum absolute atomic E-state index is 11.3. The largest absolute Gasteiger partial charge is 0.478 e. The molecule has 8 heteroatoms. The van der Waals surface area contributed by atoms with Gasteiger partial charge in [0.05, 0.1) is 24.4 Å². The number of nitrogens with zero attached hydrogens (tertiary/aromatic N) is 1. The highest BCUT2D eigenvalue weighted by Gasteiger charge is 2.22. The van der Waals surface area contributed by atoms with Gasteiger partial charge in [-0.25, -0.2) is 4.79 Å². The van der Waals surface area contributed by atoms with Crippen LogP contribution < -0.4 is 10.8 Å². The van der Waals surface area contributed by atoms with Crippen LogP contribution in [0.5, 0.6) is 0 Å². The number of hydrogen-bond donors (Lipinski definition) is 3. The van der Waals surface area contributed by atoms with Crippen LogP contribution in [0.25, 0.3) is 11.1 Å². The molecule has 0 saturated carbocycles. The van der Waals surface area contributed by atoms with Crippen LogP contribution in [0.15, 0.2) is 78.0 Å². The molecule has 0 saturated heterocycles. The molecule has 4 rings (SSSR count). The summed E-state index contributed by atoms with van der Waals surface area (Å²) in [6, 6.07) is 23.1. The third kappa shape index (κ3) is 6.53. The maximum atomic E-state index is 11.3. The minimum Gasteiger partial charge on any atom is -0.478 e. The van der Waals surface area contributed by atoms with Crippen LogP contribution in [-0.2, 0) is 27.6 Å². The molecule has 0 bridgehead atoms. The van der Waals surface area contributed by atoms with Crippen LogP contribution in [0.2, 0.25) is 0 Å². The Balaban J connectivity index is 1.27. The van der Waals surface area contributed by atoms with Crippen molar-refractivity contribution in [2.75, 3.05) is 6.54 Å². The first-order chi connectivity index (χ1) is 17.0. The van der Waals surface area contributed by atoms with E-state index >= 15 is 0 Å². The number of carboxylic acid groups (broad SMARTS) is 1. The Kier molecular flexibility index (Phi) is 7.87. The van der Waals surface area contributed by atoms with E-state index < -0.39 is 5.97 Å². The monoisotopic (exact) mass is 473 g/mol. The van der Waals surface area contributed by atoms with Crippen LogP contribution >= 0.6 is 0 Å². The van der Waals surface area contributed by atoms with Gasteiger partial charge < -0.3 is 15.3 Å². The predicted octanol–water partition coefficient (Wildman–Crippen LogP) is 3.90. The van der Waals surface area contributed by atoms with E-state index in [4.69, 9.17) is 9.68 Å². The van der Waals surface area contributed by atoms with Crippen molar-refractivity contribution in [3.8, 4) is 11.1 Å². The highest BCUT2D eigenvalue weighted by molar-refractivity contribution is 6.01. The van der Waals surface area contributed by atoms with E-state index in [0.717, 1.165) is 28.0 Å². The van der Waals surface area contributed by atoms with E-state index in [2.05, 4.69) is 28.1 Å². The zero-order chi connectivity index (χ0) is 24.6. The molecule has 0 spiro atoms. The molecule has 1 aliphatic rings. The van der Waals surface area contributed by atoms with E-state index in [1.165, 1.54) is 6.92 Å². The van der Waals surface area contributed by atoms with Gasteiger partial charge >= 0.3 is 5.97 Å². The van der Waals surface area contributed by atoms with Gasteiger partial charge in [-0.2, -0.15) is 5.48 Å². The quantitative estimate of drug-likeness (QED) is 0.304. The minimum absolute atomic E-state index is 0.0813. The van der Waals surface area contributed by atoms with Gasteiger partial charge in [0, 0.05) is 19.9 Å². The number of carbonyl (C=O) groups excluding carboxylic acids is 1. The topological polar surface area (TPSA) is 109 Å². The summed E-state index contributed by atoms with van der Waals surface area (Å²) in [5.41, 5.74) is 8.84. The van der Waals surface area contributed by atoms with E-state index in [-0.39, 0.29) is 24.2 Å². The highest BCUT2D eigenvalue weighted by atomic mass is 16.6. The lowest BCUT2D eigenvalue weighted by molar-refractivity contribution is -0.119. The third-order valence-electron chi connectivity index (χ3n) is 5.67. The molecule has 0 radical (unpaired) electrons. The number of benzene rings is 3. The van der Waals surface area contributed by atoms with Crippen molar-refractivity contribution in [2.45, 2.75) is 32.6 Å². The SMILES string of the molecule is CC(=O)NC[C@H]1CC(c2ccc(-c3ccc(CNOCc4ccccc4C(=O)O)cc3)cc2)=NO1. The molecule has 1 aliphatic heterocycles. The van der Waals surface area contributed by atoms with Gasteiger partial charge in [0.25, 0.3) is 0 Å². The summed E-state index contributed by atoms with van der Waals surface area (Å²) in [6.07, 6.45) is 0.524. The first-order valence-electron chi connectivity index (χ1n) is 11.3. The number of rotatable bonds is 10. The summed E-state index contributed by atoms with van der Waals surface area (Å²) in [7, 11) is 0. The van der Waals surface area contributed by atoms with Gasteiger partial charge in [-0.05, 0) is 33.9 Å². The average molecular weight is 474 g/mol. The minimum atomic E-state index is -0.969. The number of nitrogens with one attached hydrogen (secondary N) is 2. The Morgan fingerprint density at radius 3 is 2.34 bits per heavy atom. The molecule has 0 aromatic heterocycles. The van der Waals surface area contributed by atoms with Crippen LogP contribution in [0.3, 0.4) is 0 Å². The van der Waals surface area contributed by atoms with E-state index in [1.54, 1.807) is 24.3 Å². The van der Waals surface area contributed by atoms with Crippen LogP contribution in [-0.4, -0.2) is 35.3 Å². The fourth-order valence-corrected chi connectivity index (χ4v) is 3.75. The van der Waals surface area contributed by atoms with Crippen LogP contribution in [0.1, 0.15) is 40.4 Å². The standard InChI is InChI=1S/C27H27N3O5/c1-18(31)28-16-24-14-26(30-35-24)22-12-10-21(11-13-22)20-8-6-19(7-9-20)15-29-34-17-23-4-2-3-5-25(23)27(32)33/h2-13,24,29H,14-17H2,1H3,(H,28,31)(H,32,33)/t24-/m1/s1. The lowest BCUT2D eigenvalue weighted by Gasteiger charge is -2.09. The van der Waals surface area contributed by atoms with Crippen molar-refractivity contribution in [3.05, 3.63) is 95.1 Å². The number of hydrogen-bond acceptors (Lipinski definition) is 6. The van der Waals surface area contributed by atoms with Crippen LogP contribution in [0, 0.1) is 0 Å². The second-order valence-electron chi connectivity index (χ2n) is 8.25. The number of hydroxylamine groups is 1. The fraction of sp³-hybridized carbons (Fsp3) is 0.222. The normalized spacial score (nSPS) is 14.8. The maximum Gasteiger partial charge on any atom is 0.336 e. The van der Waals surface area contributed by atoms with Gasteiger partial charge in [-0.3, -0.25) is 9.63 Å². The summed E-state index contributed by atoms with van der Waals surface area (Å²) in [5, 5.41) is 16.2. The fourth-order valence-electron chi connectivity index (χ4n) is 3.75. The molecule has 3 aromatic carbocycles. The Labute approximate surface area is 203 Å². The first kappa shape index (κ1) is 24.1. The number of carboxylic acids is 1. The summed E-state index contributed by atoms with van der Waals surface area (Å²) in [6.45, 7) is 2.59. The highest BCUT2D eigenvalue weighted by Crippen LogP contribution is 2.23. The second-order valence-corrected chi connectivity index (χ2v) is 8.25. The van der Waals surface area contributed by atoms with Gasteiger partial charge in [0.15, 0.2) is 0 Å². The van der Waals surface area contributed by atoms with E-state index in [1.807, 2.05) is 36.4 Å². The van der Waals surface area contributed by atoms with Crippen molar-refractivity contribution < 1.29 is 24.4 Å². The van der Waals surface area contributed by atoms with E-state index in [0.29, 0.717) is 25.1 Å². The number of aromatic carboxylic acids is 1. The summed E-state index contributed by atoms with van der Waals surface area (Å²) in [5.74, 6) is -1.05. The Hall–Kier alpha value is -4.01. The lowest BCUT2D eigenvalue weighted by atomic mass is 9.99. The zero-order valence-electron chi connectivity index (χ0n) is 19.4. The van der Waals surface area contributed by atoms with Gasteiger partial charge in [-0.1, -0.05) is 71.9 Å². The van der Waals surface area contributed by atoms with Crippen molar-refractivity contribution in [1.82, 2.24) is 10.8 Å². The smallest absolute Gasteiger partial charge is 0.336 e. The molecule has 180 valence electrons. The molecule has 0 unspecified atom stereocenters. The summed E-state index contributed by atoms with van der Waals surface area (Å²) in [4.78, 5) is 33.2. The second kappa shape index (κ2) is 11.4. The molecule has 8 nitrogen and oxygen atoms in total. The molecule has 3 aromatic rings. The van der Waals surface area contributed by atoms with Gasteiger partial charge in [0.2, 0.25) is 5.91 Å². The van der Waals surface area contributed by atoms with E-state index in [9.17, 15) is 14.7 Å². The summed E-state index contributed by atoms with van der Waals surface area (Å²) >= 11 is 0. The molecule has 1 amide bonds. The number of amides is 1. The molecule has 1 heterocycles. The van der Waals surface area contributed by atoms with Crippen molar-refractivity contribution >= 4 is 17.6 Å². The lowest BCUT2D eigenvalue weighted by Crippen LogP contribution is -2.30. The molecule has 35 heavy (non-hydrogen) atoms. The van der Waals surface area contributed by atoms with Crippen molar-refractivity contribution in [2.24, 2.45) is 5.16 Å². The molecule has 3 N–H and O–H groups in total. The first-order valence-corrected chi connectivity index (χ1v) is 11.3. The van der Waals surface area contributed by atoms with Crippen molar-refractivity contribution in [3.63, 3.8) is 0 Å². The molecular formula is C27H27N3O5. The Morgan fingerprint density at radius 1 is 1.00 bits per heavy atom. The summed E-state index contributed by atoms with van der Waals surface area (Å²) < 4.78 is 0. The van der Waals surface area contributed by atoms with Crippen LogP contribution in [0.4, 0.5) is 0 Å². The number of oxime groups is 1. The Bertz CT molecular complexity index is 1210. The average Bonchev–Trinajstić information content (AvgIpc) is 3.35. The van der Waals surface area contributed by atoms with Gasteiger partial charge in [0.1, 0.15) is 6.10 Å². The third-order valence-corrected chi connectivity index (χ3v) is 5.67. The molecule has 0 aliphatic carbocycles. The Morgan fingerprint density at radius 2 is 1.66 bits per heavy atom. The molecular weight excluding hydrogens is 446 g/mol. The zero-order valence-corrected chi connectivity index (χ0v) is 19.4. The molecule has 0 fully saturated rings. The number of carbonyl (C=O) groups is 2. The van der Waals surface area contributed by atoms with Gasteiger partial charge in [-0.15, -0.1) is 0 Å². The molecule has 1 atom stereocenters. The van der Waals surface area contributed by atoms with Crippen molar-refractivity contribution in [1.29, 1.82) is 0 Å². The predicted molar refractivity (Wildman–Crippen MR) is 132 cm³/mol.